The minimum absolute atomic E-state index is 0.464. The van der Waals surface area contributed by atoms with Crippen LogP contribution < -0.4 is 5.32 Å². The van der Waals surface area contributed by atoms with Crippen molar-refractivity contribution in [3.8, 4) is 0 Å². The zero-order chi connectivity index (χ0) is 14.8. The first-order valence-corrected chi connectivity index (χ1v) is 8.05. The molecule has 1 fully saturated rings. The minimum atomic E-state index is 0.464. The third-order valence-electron chi connectivity index (χ3n) is 4.78. The van der Waals surface area contributed by atoms with E-state index in [9.17, 15) is 0 Å². The largest absolute Gasteiger partial charge is 0.378 e. The Kier molecular flexibility index (Phi) is 4.32. The molecule has 1 saturated heterocycles. The summed E-state index contributed by atoms with van der Waals surface area (Å²) in [6.07, 6.45) is 4.04. The summed E-state index contributed by atoms with van der Waals surface area (Å²) < 4.78 is 8.23. The second-order valence-corrected chi connectivity index (χ2v) is 6.17. The van der Waals surface area contributed by atoms with Crippen LogP contribution in [0.25, 0.3) is 10.9 Å². The zero-order valence-corrected chi connectivity index (χ0v) is 13.4. The summed E-state index contributed by atoms with van der Waals surface area (Å²) in [6, 6.07) is 6.84. The van der Waals surface area contributed by atoms with Gasteiger partial charge in [-0.05, 0) is 63.4 Å². The first-order chi connectivity index (χ1) is 10.2. The van der Waals surface area contributed by atoms with Gasteiger partial charge in [0, 0.05) is 36.3 Å². The predicted molar refractivity (Wildman–Crippen MR) is 87.8 cm³/mol. The van der Waals surface area contributed by atoms with Gasteiger partial charge in [-0.25, -0.2) is 0 Å². The van der Waals surface area contributed by atoms with Crippen molar-refractivity contribution in [1.82, 2.24) is 9.88 Å². The van der Waals surface area contributed by atoms with Crippen LogP contribution in [0, 0.1) is 13.8 Å². The van der Waals surface area contributed by atoms with Gasteiger partial charge >= 0.3 is 0 Å². The molecule has 21 heavy (non-hydrogen) atoms. The normalized spacial score (nSPS) is 18.7. The second kappa shape index (κ2) is 6.20. The summed E-state index contributed by atoms with van der Waals surface area (Å²) in [6.45, 7) is 7.41. The average molecular weight is 286 g/mol. The number of rotatable bonds is 5. The maximum Gasteiger partial charge on any atom is 0.0593 e. The molecule has 3 nitrogen and oxygen atoms in total. The highest BCUT2D eigenvalue weighted by Gasteiger charge is 2.17. The molecule has 0 saturated carbocycles. The number of hydrogen-bond donors (Lipinski definition) is 1. The third-order valence-corrected chi connectivity index (χ3v) is 4.78. The highest BCUT2D eigenvalue weighted by atomic mass is 16.5. The van der Waals surface area contributed by atoms with Crippen LogP contribution in [0.1, 0.15) is 36.1 Å². The Bertz CT molecular complexity index is 624. The van der Waals surface area contributed by atoms with E-state index >= 15 is 0 Å². The molecule has 0 bridgehead atoms. The van der Waals surface area contributed by atoms with E-state index in [0.29, 0.717) is 6.10 Å². The van der Waals surface area contributed by atoms with E-state index < -0.39 is 0 Å². The van der Waals surface area contributed by atoms with E-state index in [1.807, 2.05) is 7.05 Å². The van der Waals surface area contributed by atoms with Crippen LogP contribution in [0.4, 0.5) is 0 Å². The molecule has 0 radical (unpaired) electrons. The number of aryl methyl sites for hydroxylation is 2. The monoisotopic (exact) mass is 286 g/mol. The molecule has 1 aliphatic heterocycles. The van der Waals surface area contributed by atoms with Crippen LogP contribution in [0.3, 0.4) is 0 Å². The lowest BCUT2D eigenvalue weighted by Gasteiger charge is -2.13. The summed E-state index contributed by atoms with van der Waals surface area (Å²) in [4.78, 5) is 0. The molecule has 1 N–H and O–H groups in total. The molecule has 2 heterocycles. The zero-order valence-electron chi connectivity index (χ0n) is 13.4. The van der Waals surface area contributed by atoms with Crippen LogP contribution in [-0.4, -0.2) is 24.3 Å². The van der Waals surface area contributed by atoms with Gasteiger partial charge in [0.2, 0.25) is 0 Å². The Hall–Kier alpha value is -1.32. The fraction of sp³-hybridized carbons (Fsp3) is 0.556. The van der Waals surface area contributed by atoms with Crippen LogP contribution >= 0.6 is 0 Å². The molecule has 0 aliphatic carbocycles. The van der Waals surface area contributed by atoms with Crippen LogP contribution in [0.2, 0.25) is 0 Å². The maximum absolute atomic E-state index is 5.76. The van der Waals surface area contributed by atoms with Gasteiger partial charge < -0.3 is 14.6 Å². The highest BCUT2D eigenvalue weighted by Crippen LogP contribution is 2.27. The van der Waals surface area contributed by atoms with Crippen LogP contribution in [-0.2, 0) is 17.8 Å². The van der Waals surface area contributed by atoms with E-state index in [4.69, 9.17) is 4.74 Å². The van der Waals surface area contributed by atoms with Crippen molar-refractivity contribution < 1.29 is 4.74 Å². The Labute approximate surface area is 127 Å². The number of aromatic nitrogens is 1. The molecule has 1 aromatic heterocycles. The van der Waals surface area contributed by atoms with Crippen molar-refractivity contribution in [1.29, 1.82) is 0 Å². The van der Waals surface area contributed by atoms with Gasteiger partial charge in [0.15, 0.2) is 0 Å². The third kappa shape index (κ3) is 2.85. The average Bonchev–Trinajstić information content (AvgIpc) is 3.07. The second-order valence-electron chi connectivity index (χ2n) is 6.17. The Balaban J connectivity index is 1.88. The number of nitrogens with zero attached hydrogens (tertiary/aromatic N) is 1. The predicted octanol–water partition coefficient (Wildman–Crippen LogP) is 3.55. The smallest absolute Gasteiger partial charge is 0.0593 e. The highest BCUT2D eigenvalue weighted by molar-refractivity contribution is 5.86. The van der Waals surface area contributed by atoms with E-state index in [2.05, 4.69) is 41.9 Å². The van der Waals surface area contributed by atoms with Gasteiger partial charge in [0.05, 0.1) is 6.10 Å². The summed E-state index contributed by atoms with van der Waals surface area (Å²) in [5.74, 6) is 0. The maximum atomic E-state index is 5.76. The molecule has 0 amide bonds. The summed E-state index contributed by atoms with van der Waals surface area (Å²) in [5.41, 5.74) is 5.52. The van der Waals surface area contributed by atoms with Crippen LogP contribution in [0.5, 0.6) is 0 Å². The Morgan fingerprint density at radius 2 is 2.19 bits per heavy atom. The summed E-state index contributed by atoms with van der Waals surface area (Å²) >= 11 is 0. The Morgan fingerprint density at radius 3 is 2.90 bits per heavy atom. The standard InChI is InChI=1S/C18H26N2O/c1-13-14(2)20(9-8-16-5-4-10-21-16)18-7-6-15(12-19-3)11-17(13)18/h6-7,11,16,19H,4-5,8-10,12H2,1-3H3. The molecule has 1 atom stereocenters. The van der Waals surface area contributed by atoms with Crippen molar-refractivity contribution in [2.45, 2.75) is 52.3 Å². The molecule has 114 valence electrons. The quantitative estimate of drug-likeness (QED) is 0.910. The van der Waals surface area contributed by atoms with E-state index in [1.54, 1.807) is 0 Å². The fourth-order valence-electron chi connectivity index (χ4n) is 3.44. The molecule has 2 aromatic rings. The van der Waals surface area contributed by atoms with Crippen molar-refractivity contribution in [3.05, 3.63) is 35.0 Å². The molecule has 1 aliphatic rings. The molecule has 3 rings (SSSR count). The fourth-order valence-corrected chi connectivity index (χ4v) is 3.44. The van der Waals surface area contributed by atoms with E-state index in [-0.39, 0.29) is 0 Å². The first-order valence-electron chi connectivity index (χ1n) is 8.05. The number of benzene rings is 1. The van der Waals surface area contributed by atoms with Crippen molar-refractivity contribution in [3.63, 3.8) is 0 Å². The minimum Gasteiger partial charge on any atom is -0.378 e. The number of hydrogen-bond acceptors (Lipinski definition) is 2. The first kappa shape index (κ1) is 14.6. The molecule has 3 heteroatoms. The van der Waals surface area contributed by atoms with Gasteiger partial charge in [0.1, 0.15) is 0 Å². The topological polar surface area (TPSA) is 26.2 Å². The molecular formula is C18H26N2O. The number of fused-ring (bicyclic) bond motifs is 1. The summed E-state index contributed by atoms with van der Waals surface area (Å²) in [5, 5.41) is 4.62. The number of nitrogens with one attached hydrogen (secondary N) is 1. The van der Waals surface area contributed by atoms with Crippen LogP contribution in [0.15, 0.2) is 18.2 Å². The SMILES string of the molecule is CNCc1ccc2c(c1)c(C)c(C)n2CCC1CCCO1. The summed E-state index contributed by atoms with van der Waals surface area (Å²) in [7, 11) is 2.00. The Morgan fingerprint density at radius 1 is 1.33 bits per heavy atom. The number of ether oxygens (including phenoxy) is 1. The lowest BCUT2D eigenvalue weighted by molar-refractivity contribution is 0.101. The van der Waals surface area contributed by atoms with Crippen molar-refractivity contribution >= 4 is 10.9 Å². The van der Waals surface area contributed by atoms with E-state index in [1.165, 1.54) is 40.6 Å². The molecular weight excluding hydrogens is 260 g/mol. The molecule has 0 spiro atoms. The van der Waals surface area contributed by atoms with Gasteiger partial charge in [-0.2, -0.15) is 0 Å². The molecule has 1 unspecified atom stereocenters. The van der Waals surface area contributed by atoms with Crippen molar-refractivity contribution in [2.24, 2.45) is 0 Å². The van der Waals surface area contributed by atoms with Gasteiger partial charge in [0.25, 0.3) is 0 Å². The lowest BCUT2D eigenvalue weighted by atomic mass is 10.1. The lowest BCUT2D eigenvalue weighted by Crippen LogP contribution is -2.11. The van der Waals surface area contributed by atoms with E-state index in [0.717, 1.165) is 26.1 Å². The molecule has 1 aromatic carbocycles. The van der Waals surface area contributed by atoms with Gasteiger partial charge in [-0.3, -0.25) is 0 Å². The van der Waals surface area contributed by atoms with Gasteiger partial charge in [-0.15, -0.1) is 0 Å². The van der Waals surface area contributed by atoms with Gasteiger partial charge in [-0.1, -0.05) is 6.07 Å². The van der Waals surface area contributed by atoms with Crippen molar-refractivity contribution in [2.75, 3.05) is 13.7 Å².